The molecule has 2 aromatic carbocycles. The lowest BCUT2D eigenvalue weighted by molar-refractivity contribution is -0.169. The molecule has 4 N–H and O–H groups in total. The molecule has 204 valence electrons. The second-order valence-corrected chi connectivity index (χ2v) is 11.4. The number of benzene rings is 2. The van der Waals surface area contributed by atoms with Crippen LogP contribution >= 0.6 is 0 Å². The summed E-state index contributed by atoms with van der Waals surface area (Å²) in [6.45, 7) is 8.89. The maximum atomic E-state index is 13.7. The lowest BCUT2D eigenvalue weighted by Gasteiger charge is -2.43. The molecule has 1 heterocycles. The number of rotatable bonds is 8. The molecule has 1 spiro atoms. The number of hydrogen-bond acceptors (Lipinski definition) is 9. The molecule has 2 aromatic rings. The molecular formula is C28H34N2O7S. The number of carbonyl (C=O) groups is 1. The molecule has 9 nitrogen and oxygen atoms in total. The van der Waals surface area contributed by atoms with Crippen LogP contribution in [0.4, 0.5) is 0 Å². The van der Waals surface area contributed by atoms with E-state index in [4.69, 9.17) is 8.37 Å². The van der Waals surface area contributed by atoms with E-state index in [2.05, 4.69) is 10.6 Å². The molecule has 1 saturated carbocycles. The van der Waals surface area contributed by atoms with Crippen LogP contribution in [0.25, 0.3) is 12.2 Å². The van der Waals surface area contributed by atoms with Crippen molar-refractivity contribution < 1.29 is 31.8 Å². The number of phenols is 2. The molecule has 0 radical (unpaired) electrons. The normalized spacial score (nSPS) is 20.5. The third-order valence-corrected chi connectivity index (χ3v) is 7.35. The number of nitrogens with one attached hydrogen (secondary N) is 2. The van der Waals surface area contributed by atoms with Gasteiger partial charge >= 0.3 is 10.4 Å². The fourth-order valence-corrected chi connectivity index (χ4v) is 5.40. The van der Waals surface area contributed by atoms with E-state index >= 15 is 0 Å². The smallest absolute Gasteiger partial charge is 0.405 e. The Bertz CT molecular complexity index is 1380. The first-order valence-electron chi connectivity index (χ1n) is 12.6. The van der Waals surface area contributed by atoms with Crippen molar-refractivity contribution >= 4 is 28.3 Å². The molecular weight excluding hydrogens is 508 g/mol. The van der Waals surface area contributed by atoms with Crippen molar-refractivity contribution in [3.63, 3.8) is 0 Å². The fourth-order valence-electron chi connectivity index (χ4n) is 4.39. The van der Waals surface area contributed by atoms with Crippen LogP contribution in [0.2, 0.25) is 0 Å². The summed E-state index contributed by atoms with van der Waals surface area (Å²) in [5.74, 6) is -1.80. The molecule has 38 heavy (non-hydrogen) atoms. The molecule has 1 saturated heterocycles. The summed E-state index contributed by atoms with van der Waals surface area (Å²) < 4.78 is 33.9. The van der Waals surface area contributed by atoms with Gasteiger partial charge in [0.1, 0.15) is 11.5 Å². The van der Waals surface area contributed by atoms with Crippen LogP contribution in [0.15, 0.2) is 47.5 Å². The average Bonchev–Trinajstić information content (AvgIpc) is 2.82. The molecule has 4 rings (SSSR count). The van der Waals surface area contributed by atoms with Crippen LogP contribution in [-0.4, -0.2) is 42.3 Å². The standard InChI is InChI=1S/C28H34N2O7S/c1-17(2)29-15-22-12-19(5-7-25(22)31)11-21-9-10-28(36-38(34,35)37-28)24(27(21)33)14-20-6-8-26(32)23(13-20)16-30-18(3)4/h5-8,11-14,17-18,29-32H,9-10,15-16H2,1-4H3/b21-11+,24-14+. The number of allylic oxidation sites excluding steroid dienone is 1. The summed E-state index contributed by atoms with van der Waals surface area (Å²) in [5.41, 5.74) is 3.20. The topological polar surface area (TPSA) is 134 Å². The fraction of sp³-hybridized carbons (Fsp3) is 0.393. The summed E-state index contributed by atoms with van der Waals surface area (Å²) in [5, 5.41) is 27.0. The third kappa shape index (κ3) is 6.33. The minimum absolute atomic E-state index is 0.0683. The van der Waals surface area contributed by atoms with Crippen LogP contribution in [0.3, 0.4) is 0 Å². The number of ketones is 1. The molecule has 0 unspecified atom stereocenters. The van der Waals surface area contributed by atoms with Gasteiger partial charge < -0.3 is 20.8 Å². The lowest BCUT2D eigenvalue weighted by Crippen LogP contribution is -2.55. The van der Waals surface area contributed by atoms with Gasteiger partial charge in [0.05, 0.1) is 5.57 Å². The Morgan fingerprint density at radius 1 is 0.895 bits per heavy atom. The number of carbonyl (C=O) groups excluding carboxylic acids is 1. The second kappa shape index (κ2) is 11.0. The van der Waals surface area contributed by atoms with E-state index < -0.39 is 22.0 Å². The summed E-state index contributed by atoms with van der Waals surface area (Å²) in [4.78, 5) is 13.7. The van der Waals surface area contributed by atoms with E-state index in [-0.39, 0.29) is 42.0 Å². The van der Waals surface area contributed by atoms with Crippen LogP contribution in [-0.2, 0) is 36.6 Å². The molecule has 10 heteroatoms. The van der Waals surface area contributed by atoms with Gasteiger partial charge in [-0.1, -0.05) is 39.8 Å². The summed E-state index contributed by atoms with van der Waals surface area (Å²) in [7, 11) is -4.17. The van der Waals surface area contributed by atoms with Gasteiger partial charge in [0.15, 0.2) is 5.78 Å². The van der Waals surface area contributed by atoms with E-state index in [0.29, 0.717) is 35.4 Å². The van der Waals surface area contributed by atoms with E-state index in [1.807, 2.05) is 33.8 Å². The molecule has 1 aliphatic heterocycles. The predicted octanol–water partition coefficient (Wildman–Crippen LogP) is 3.91. The van der Waals surface area contributed by atoms with Gasteiger partial charge in [-0.15, -0.1) is 0 Å². The van der Waals surface area contributed by atoms with Crippen molar-refractivity contribution in [2.45, 2.75) is 71.5 Å². The largest absolute Gasteiger partial charge is 0.508 e. The van der Waals surface area contributed by atoms with Crippen molar-refractivity contribution in [2.24, 2.45) is 0 Å². The number of phenolic OH excluding ortho intramolecular Hbond substituents is 2. The zero-order valence-corrected chi connectivity index (χ0v) is 22.8. The quantitative estimate of drug-likeness (QED) is 0.366. The maximum Gasteiger partial charge on any atom is 0.405 e. The lowest BCUT2D eigenvalue weighted by atomic mass is 9.82. The molecule has 2 fully saturated rings. The predicted molar refractivity (Wildman–Crippen MR) is 144 cm³/mol. The van der Waals surface area contributed by atoms with Crippen LogP contribution in [0.1, 0.15) is 62.8 Å². The molecule has 0 amide bonds. The summed E-state index contributed by atoms with van der Waals surface area (Å²) in [6, 6.07) is 10.5. The Hall–Kier alpha value is -3.02. The number of hydrogen-bond donors (Lipinski definition) is 4. The molecule has 0 atom stereocenters. The Labute approximate surface area is 223 Å². The highest BCUT2D eigenvalue weighted by Crippen LogP contribution is 2.47. The minimum atomic E-state index is -4.17. The van der Waals surface area contributed by atoms with Crippen molar-refractivity contribution in [2.75, 3.05) is 0 Å². The van der Waals surface area contributed by atoms with Gasteiger partial charge in [-0.25, -0.2) is 8.37 Å². The van der Waals surface area contributed by atoms with Crippen LogP contribution < -0.4 is 10.6 Å². The first kappa shape index (κ1) is 28.0. The first-order chi connectivity index (χ1) is 17.9. The van der Waals surface area contributed by atoms with E-state index in [1.165, 1.54) is 6.07 Å². The van der Waals surface area contributed by atoms with E-state index in [0.717, 1.165) is 5.56 Å². The van der Waals surface area contributed by atoms with Crippen molar-refractivity contribution in [3.8, 4) is 11.5 Å². The molecule has 2 aliphatic rings. The second-order valence-electron chi connectivity index (χ2n) is 10.2. The van der Waals surface area contributed by atoms with E-state index in [9.17, 15) is 23.4 Å². The zero-order chi connectivity index (χ0) is 27.7. The zero-order valence-electron chi connectivity index (χ0n) is 21.9. The van der Waals surface area contributed by atoms with Gasteiger partial charge in [0.2, 0.25) is 5.79 Å². The Morgan fingerprint density at radius 3 is 1.87 bits per heavy atom. The first-order valence-corrected chi connectivity index (χ1v) is 13.9. The highest BCUT2D eigenvalue weighted by molar-refractivity contribution is 7.82. The Balaban J connectivity index is 1.69. The minimum Gasteiger partial charge on any atom is -0.508 e. The van der Waals surface area contributed by atoms with Crippen molar-refractivity contribution in [3.05, 3.63) is 69.8 Å². The maximum absolute atomic E-state index is 13.7. The third-order valence-electron chi connectivity index (χ3n) is 6.40. The number of Topliss-reactive ketones (excluding diaryl/α,β-unsaturated/α-hetero) is 1. The van der Waals surface area contributed by atoms with Crippen molar-refractivity contribution in [1.82, 2.24) is 10.6 Å². The van der Waals surface area contributed by atoms with Gasteiger partial charge in [0.25, 0.3) is 0 Å². The summed E-state index contributed by atoms with van der Waals surface area (Å²) in [6.07, 6.45) is 3.67. The molecule has 0 aromatic heterocycles. The highest BCUT2D eigenvalue weighted by Gasteiger charge is 2.58. The van der Waals surface area contributed by atoms with E-state index in [1.54, 1.807) is 36.4 Å². The number of aromatic hydroxyl groups is 2. The highest BCUT2D eigenvalue weighted by atomic mass is 32.3. The Morgan fingerprint density at radius 2 is 1.39 bits per heavy atom. The van der Waals surface area contributed by atoms with Crippen molar-refractivity contribution in [1.29, 1.82) is 0 Å². The average molecular weight is 543 g/mol. The van der Waals surface area contributed by atoms with Gasteiger partial charge in [-0.3, -0.25) is 4.79 Å². The van der Waals surface area contributed by atoms with Gasteiger partial charge in [0, 0.05) is 48.3 Å². The monoisotopic (exact) mass is 542 g/mol. The summed E-state index contributed by atoms with van der Waals surface area (Å²) >= 11 is 0. The van der Waals surface area contributed by atoms with Crippen LogP contribution in [0, 0.1) is 0 Å². The van der Waals surface area contributed by atoms with Gasteiger partial charge in [-0.2, -0.15) is 8.42 Å². The van der Waals surface area contributed by atoms with Gasteiger partial charge in [-0.05, 0) is 54.0 Å². The molecule has 1 aliphatic carbocycles. The SMILES string of the molecule is CC(C)NCc1cc(/C=C2\CCC3(OS(=O)(=O)O3)/C(=C/c3ccc(O)c(CNC(C)C)c3)C2=O)ccc1O. The van der Waals surface area contributed by atoms with Crippen LogP contribution in [0.5, 0.6) is 11.5 Å². The Kier molecular flexibility index (Phi) is 8.10. The molecule has 0 bridgehead atoms.